The van der Waals surface area contributed by atoms with Crippen molar-refractivity contribution in [2.45, 2.75) is 19.1 Å². The van der Waals surface area contributed by atoms with Gasteiger partial charge in [0.2, 0.25) is 0 Å². The highest BCUT2D eigenvalue weighted by Gasteiger charge is 2.44. The molecule has 0 aliphatic carbocycles. The molecule has 1 unspecified atom stereocenters. The third kappa shape index (κ3) is 1.55. The lowest BCUT2D eigenvalue weighted by atomic mass is 10.3. The molecule has 0 N–H and O–H groups in total. The number of alkyl halides is 3. The Balaban J connectivity index is 2.68. The third-order valence-corrected chi connectivity index (χ3v) is 1.91. The van der Waals surface area contributed by atoms with Crippen LogP contribution in [0.15, 0.2) is 12.3 Å². The highest BCUT2D eigenvalue weighted by Crippen LogP contribution is 2.29. The summed E-state index contributed by atoms with van der Waals surface area (Å²) in [6, 6.07) is -1.46. The summed E-state index contributed by atoms with van der Waals surface area (Å²) in [5.41, 5.74) is 0. The molecule has 0 fully saturated rings. The standard InChI is InChI=1S/C7H11F3N2/c1-3-12-5-4-6(11(12)2)7(8,9)10/h4-6H,3H2,1-2H3. The minimum Gasteiger partial charge on any atom is -0.313 e. The van der Waals surface area contributed by atoms with Crippen molar-refractivity contribution in [1.29, 1.82) is 0 Å². The van der Waals surface area contributed by atoms with Crippen LogP contribution in [0.4, 0.5) is 13.2 Å². The fraction of sp³-hybridized carbons (Fsp3) is 0.714. The Morgan fingerprint density at radius 1 is 1.42 bits per heavy atom. The Kier molecular flexibility index (Phi) is 2.32. The van der Waals surface area contributed by atoms with Gasteiger partial charge in [0, 0.05) is 19.8 Å². The molecule has 1 aliphatic rings. The Hall–Kier alpha value is -0.710. The van der Waals surface area contributed by atoms with Gasteiger partial charge < -0.3 is 5.01 Å². The summed E-state index contributed by atoms with van der Waals surface area (Å²) < 4.78 is 36.6. The number of halogens is 3. The fourth-order valence-corrected chi connectivity index (χ4v) is 1.22. The topological polar surface area (TPSA) is 6.48 Å². The molecule has 1 aliphatic heterocycles. The van der Waals surface area contributed by atoms with E-state index in [2.05, 4.69) is 0 Å². The summed E-state index contributed by atoms with van der Waals surface area (Å²) in [4.78, 5) is 0. The predicted molar refractivity (Wildman–Crippen MR) is 39.1 cm³/mol. The average molecular weight is 180 g/mol. The van der Waals surface area contributed by atoms with Crippen LogP contribution in [-0.2, 0) is 0 Å². The fourth-order valence-electron chi connectivity index (χ4n) is 1.22. The van der Waals surface area contributed by atoms with Crippen LogP contribution < -0.4 is 0 Å². The van der Waals surface area contributed by atoms with Crippen LogP contribution in [-0.4, -0.2) is 35.8 Å². The summed E-state index contributed by atoms with van der Waals surface area (Å²) >= 11 is 0. The minimum atomic E-state index is -4.17. The smallest absolute Gasteiger partial charge is 0.313 e. The van der Waals surface area contributed by atoms with Crippen LogP contribution >= 0.6 is 0 Å². The molecular weight excluding hydrogens is 169 g/mol. The van der Waals surface area contributed by atoms with Gasteiger partial charge >= 0.3 is 6.18 Å². The molecule has 70 valence electrons. The Labute approximate surface area is 69.2 Å². The van der Waals surface area contributed by atoms with E-state index in [9.17, 15) is 13.2 Å². The molecule has 1 rings (SSSR count). The first kappa shape index (κ1) is 9.38. The van der Waals surface area contributed by atoms with E-state index < -0.39 is 12.2 Å². The molecule has 1 heterocycles. The van der Waals surface area contributed by atoms with E-state index in [-0.39, 0.29) is 0 Å². The van der Waals surface area contributed by atoms with E-state index >= 15 is 0 Å². The van der Waals surface area contributed by atoms with Gasteiger partial charge in [-0.3, -0.25) is 0 Å². The number of hydrogen-bond donors (Lipinski definition) is 0. The van der Waals surface area contributed by atoms with Crippen molar-refractivity contribution >= 4 is 0 Å². The Morgan fingerprint density at radius 2 is 2.00 bits per heavy atom. The van der Waals surface area contributed by atoms with Crippen molar-refractivity contribution in [3.8, 4) is 0 Å². The van der Waals surface area contributed by atoms with Gasteiger partial charge in [0.05, 0.1) is 0 Å². The zero-order valence-electron chi connectivity index (χ0n) is 6.97. The minimum absolute atomic E-state index is 0.555. The molecule has 0 amide bonds. The van der Waals surface area contributed by atoms with Gasteiger partial charge in [0.25, 0.3) is 0 Å². The van der Waals surface area contributed by atoms with Gasteiger partial charge in [-0.05, 0) is 13.0 Å². The molecular formula is C7H11F3N2. The zero-order chi connectivity index (χ0) is 9.35. The highest BCUT2D eigenvalue weighted by atomic mass is 19.4. The van der Waals surface area contributed by atoms with Crippen LogP contribution in [0.1, 0.15) is 6.92 Å². The van der Waals surface area contributed by atoms with Crippen LogP contribution in [0.5, 0.6) is 0 Å². The van der Waals surface area contributed by atoms with Gasteiger partial charge in [-0.15, -0.1) is 0 Å². The van der Waals surface area contributed by atoms with Gasteiger partial charge in [-0.2, -0.15) is 13.2 Å². The molecule has 5 heteroatoms. The number of likely N-dealkylation sites (N-methyl/N-ethyl adjacent to an activating group) is 1. The van der Waals surface area contributed by atoms with Crippen molar-refractivity contribution in [2.75, 3.05) is 13.6 Å². The van der Waals surface area contributed by atoms with Crippen molar-refractivity contribution in [1.82, 2.24) is 10.0 Å². The molecule has 0 aromatic carbocycles. The molecule has 0 spiro atoms. The molecule has 0 aromatic rings. The summed E-state index contributed by atoms with van der Waals surface area (Å²) in [5, 5.41) is 2.71. The van der Waals surface area contributed by atoms with Crippen molar-refractivity contribution in [2.24, 2.45) is 0 Å². The Bertz CT molecular complexity index is 188. The van der Waals surface area contributed by atoms with Crippen molar-refractivity contribution in [3.63, 3.8) is 0 Å². The van der Waals surface area contributed by atoms with Crippen LogP contribution in [0.25, 0.3) is 0 Å². The number of nitrogens with zero attached hydrogens (tertiary/aromatic N) is 2. The molecule has 0 aromatic heterocycles. The van der Waals surface area contributed by atoms with E-state index in [1.165, 1.54) is 23.3 Å². The van der Waals surface area contributed by atoms with E-state index in [1.54, 1.807) is 6.92 Å². The molecule has 2 nitrogen and oxygen atoms in total. The monoisotopic (exact) mass is 180 g/mol. The lowest BCUT2D eigenvalue weighted by Crippen LogP contribution is -2.45. The second-order valence-electron chi connectivity index (χ2n) is 2.66. The van der Waals surface area contributed by atoms with Gasteiger partial charge in [0.1, 0.15) is 6.04 Å². The molecule has 1 atom stereocenters. The summed E-state index contributed by atoms with van der Waals surface area (Å²) in [6.45, 7) is 2.36. The van der Waals surface area contributed by atoms with Crippen LogP contribution in [0, 0.1) is 0 Å². The largest absolute Gasteiger partial charge is 0.409 e. The third-order valence-electron chi connectivity index (χ3n) is 1.91. The maximum absolute atomic E-state index is 12.2. The summed E-state index contributed by atoms with van der Waals surface area (Å²) in [5.74, 6) is 0. The number of hydrogen-bond acceptors (Lipinski definition) is 2. The van der Waals surface area contributed by atoms with E-state index in [0.29, 0.717) is 6.54 Å². The van der Waals surface area contributed by atoms with Gasteiger partial charge in [-0.25, -0.2) is 5.01 Å². The second kappa shape index (κ2) is 2.97. The average Bonchev–Trinajstić information content (AvgIpc) is 2.29. The second-order valence-corrected chi connectivity index (χ2v) is 2.66. The number of hydrazine groups is 1. The van der Waals surface area contributed by atoms with Crippen molar-refractivity contribution < 1.29 is 13.2 Å². The maximum atomic E-state index is 12.2. The predicted octanol–water partition coefficient (Wildman–Crippen LogP) is 1.61. The van der Waals surface area contributed by atoms with Crippen LogP contribution in [0.3, 0.4) is 0 Å². The first-order valence-electron chi connectivity index (χ1n) is 3.71. The molecule has 12 heavy (non-hydrogen) atoms. The molecule has 0 radical (unpaired) electrons. The molecule has 0 saturated carbocycles. The lowest BCUT2D eigenvalue weighted by molar-refractivity contribution is -0.185. The first-order chi connectivity index (χ1) is 5.46. The normalized spacial score (nSPS) is 25.4. The SMILES string of the molecule is CCN1C=CC(C(F)(F)F)N1C. The summed E-state index contributed by atoms with van der Waals surface area (Å²) in [7, 11) is 1.43. The zero-order valence-corrected chi connectivity index (χ0v) is 6.97. The van der Waals surface area contributed by atoms with Gasteiger partial charge in [0.15, 0.2) is 0 Å². The van der Waals surface area contributed by atoms with Gasteiger partial charge in [-0.1, -0.05) is 0 Å². The van der Waals surface area contributed by atoms with E-state index in [1.807, 2.05) is 0 Å². The van der Waals surface area contributed by atoms with Crippen LogP contribution in [0.2, 0.25) is 0 Å². The first-order valence-corrected chi connectivity index (χ1v) is 3.71. The maximum Gasteiger partial charge on any atom is 0.409 e. The van der Waals surface area contributed by atoms with E-state index in [4.69, 9.17) is 0 Å². The Morgan fingerprint density at radius 3 is 2.25 bits per heavy atom. The van der Waals surface area contributed by atoms with E-state index in [0.717, 1.165) is 6.08 Å². The quantitative estimate of drug-likeness (QED) is 0.605. The molecule has 0 bridgehead atoms. The van der Waals surface area contributed by atoms with Crippen molar-refractivity contribution in [3.05, 3.63) is 12.3 Å². The summed E-state index contributed by atoms with van der Waals surface area (Å²) in [6.07, 6.45) is -1.56. The highest BCUT2D eigenvalue weighted by molar-refractivity contribution is 5.02. The number of rotatable bonds is 1. The molecule has 0 saturated heterocycles. The lowest BCUT2D eigenvalue weighted by Gasteiger charge is -2.29.